The Morgan fingerprint density at radius 3 is 2.38 bits per heavy atom. The highest BCUT2D eigenvalue weighted by Gasteiger charge is 2.42. The molecule has 2 rings (SSSR count). The van der Waals surface area contributed by atoms with Gasteiger partial charge < -0.3 is 10.6 Å². The number of hydrogen-bond donors (Lipinski definition) is 1. The lowest BCUT2D eigenvalue weighted by Gasteiger charge is -2.20. The van der Waals surface area contributed by atoms with Crippen LogP contribution in [0.1, 0.15) is 30.4 Å². The lowest BCUT2D eigenvalue weighted by Crippen LogP contribution is -2.34. The second-order valence-electron chi connectivity index (χ2n) is 5.52. The first-order valence-corrected chi connectivity index (χ1v) is 7.00. The maximum Gasteiger partial charge on any atom is 0.389 e. The number of nitrogens with zero attached hydrogens (tertiary/aromatic N) is 1. The van der Waals surface area contributed by atoms with Gasteiger partial charge in [-0.05, 0) is 23.5 Å². The van der Waals surface area contributed by atoms with Gasteiger partial charge in [-0.2, -0.15) is 13.2 Å². The number of urea groups is 1. The van der Waals surface area contributed by atoms with E-state index in [2.05, 4.69) is 0 Å². The molecule has 1 aliphatic rings. The van der Waals surface area contributed by atoms with Gasteiger partial charge in [-0.15, -0.1) is 0 Å². The summed E-state index contributed by atoms with van der Waals surface area (Å²) in [6.45, 7) is 2.34. The topological polar surface area (TPSA) is 46.3 Å². The van der Waals surface area contributed by atoms with Crippen molar-refractivity contribution in [2.45, 2.75) is 31.9 Å². The number of rotatable bonds is 3. The Labute approximate surface area is 121 Å². The summed E-state index contributed by atoms with van der Waals surface area (Å²) in [5.74, 6) is -0.949. The molecule has 1 heterocycles. The fourth-order valence-corrected chi connectivity index (χ4v) is 2.93. The van der Waals surface area contributed by atoms with Gasteiger partial charge in [-0.1, -0.05) is 31.2 Å². The van der Waals surface area contributed by atoms with Crippen LogP contribution >= 0.6 is 0 Å². The summed E-state index contributed by atoms with van der Waals surface area (Å²) in [4.78, 5) is 12.6. The SMILES string of the molecule is CCc1ccc(C2CN(C(N)=O)CC2CC(F)(F)F)cc1. The van der Waals surface area contributed by atoms with Crippen molar-refractivity contribution >= 4 is 6.03 Å². The predicted octanol–water partition coefficient (Wildman–Crippen LogP) is 3.30. The number of amides is 2. The maximum absolute atomic E-state index is 12.7. The average Bonchev–Trinajstić information content (AvgIpc) is 2.81. The summed E-state index contributed by atoms with van der Waals surface area (Å²) < 4.78 is 38.1. The molecule has 1 aromatic rings. The molecule has 1 aliphatic heterocycles. The number of halogens is 3. The average molecular weight is 300 g/mol. The molecule has 0 saturated carbocycles. The standard InChI is InChI=1S/C15H19F3N2O/c1-2-10-3-5-11(6-4-10)13-9-20(14(19)21)8-12(13)7-15(16,17)18/h3-6,12-13H,2,7-9H2,1H3,(H2,19,21). The number of nitrogens with two attached hydrogens (primary N) is 1. The molecule has 2 amide bonds. The molecule has 21 heavy (non-hydrogen) atoms. The lowest BCUT2D eigenvalue weighted by atomic mass is 9.86. The van der Waals surface area contributed by atoms with E-state index >= 15 is 0 Å². The fourth-order valence-electron chi connectivity index (χ4n) is 2.93. The minimum atomic E-state index is -4.24. The van der Waals surface area contributed by atoms with Crippen molar-refractivity contribution in [1.29, 1.82) is 0 Å². The van der Waals surface area contributed by atoms with Gasteiger partial charge in [0.05, 0.1) is 0 Å². The Hall–Kier alpha value is -1.72. The fraction of sp³-hybridized carbons (Fsp3) is 0.533. The van der Waals surface area contributed by atoms with Crippen LogP contribution in [-0.2, 0) is 6.42 Å². The first kappa shape index (κ1) is 15.7. The number of benzene rings is 1. The van der Waals surface area contributed by atoms with Gasteiger partial charge in [0.25, 0.3) is 0 Å². The van der Waals surface area contributed by atoms with Crippen LogP contribution in [-0.4, -0.2) is 30.2 Å². The third-order valence-electron chi connectivity index (χ3n) is 4.06. The molecule has 0 radical (unpaired) electrons. The van der Waals surface area contributed by atoms with E-state index in [0.29, 0.717) is 0 Å². The van der Waals surface area contributed by atoms with Crippen LogP contribution in [0.2, 0.25) is 0 Å². The van der Waals surface area contributed by atoms with Crippen LogP contribution in [0.15, 0.2) is 24.3 Å². The van der Waals surface area contributed by atoms with Crippen LogP contribution in [0.25, 0.3) is 0 Å². The minimum absolute atomic E-state index is 0.0645. The van der Waals surface area contributed by atoms with Crippen molar-refractivity contribution in [1.82, 2.24) is 4.90 Å². The molecule has 0 aromatic heterocycles. The molecule has 1 saturated heterocycles. The summed E-state index contributed by atoms with van der Waals surface area (Å²) >= 11 is 0. The highest BCUT2D eigenvalue weighted by molar-refractivity contribution is 5.72. The lowest BCUT2D eigenvalue weighted by molar-refractivity contribution is -0.144. The van der Waals surface area contributed by atoms with Gasteiger partial charge in [0.2, 0.25) is 0 Å². The molecule has 1 aromatic carbocycles. The summed E-state index contributed by atoms with van der Waals surface area (Å²) in [6, 6.07) is 6.91. The first-order chi connectivity index (χ1) is 9.80. The monoisotopic (exact) mass is 300 g/mol. The van der Waals surface area contributed by atoms with Crippen LogP contribution in [0.4, 0.5) is 18.0 Å². The highest BCUT2D eigenvalue weighted by atomic mass is 19.4. The zero-order valence-corrected chi connectivity index (χ0v) is 11.9. The Balaban J connectivity index is 2.21. The molecule has 6 heteroatoms. The van der Waals surface area contributed by atoms with Crippen LogP contribution in [0.3, 0.4) is 0 Å². The Kier molecular flexibility index (Phi) is 4.44. The second-order valence-corrected chi connectivity index (χ2v) is 5.52. The summed E-state index contributed by atoms with van der Waals surface area (Å²) in [7, 11) is 0. The summed E-state index contributed by atoms with van der Waals surface area (Å²) in [5, 5.41) is 0. The Bertz CT molecular complexity index is 499. The highest BCUT2D eigenvalue weighted by Crippen LogP contribution is 2.39. The quantitative estimate of drug-likeness (QED) is 0.914. The van der Waals surface area contributed by atoms with Gasteiger partial charge in [0.15, 0.2) is 0 Å². The molecule has 0 bridgehead atoms. The second kappa shape index (κ2) is 5.95. The van der Waals surface area contributed by atoms with Crippen molar-refractivity contribution < 1.29 is 18.0 Å². The molecule has 2 N–H and O–H groups in total. The molecule has 1 fully saturated rings. The van der Waals surface area contributed by atoms with Gasteiger partial charge in [0.1, 0.15) is 0 Å². The number of likely N-dealkylation sites (tertiary alicyclic amines) is 1. The number of aryl methyl sites for hydroxylation is 1. The van der Waals surface area contributed by atoms with E-state index < -0.39 is 24.5 Å². The van der Waals surface area contributed by atoms with Gasteiger partial charge in [0, 0.05) is 25.4 Å². The van der Waals surface area contributed by atoms with Gasteiger partial charge >= 0.3 is 12.2 Å². The van der Waals surface area contributed by atoms with E-state index in [1.807, 2.05) is 31.2 Å². The Morgan fingerprint density at radius 2 is 1.90 bits per heavy atom. The number of primary amides is 1. The van der Waals surface area contributed by atoms with Crippen molar-refractivity contribution in [3.05, 3.63) is 35.4 Å². The normalized spacial score (nSPS) is 22.6. The van der Waals surface area contributed by atoms with E-state index in [1.165, 1.54) is 4.90 Å². The molecule has 2 unspecified atom stereocenters. The van der Waals surface area contributed by atoms with Crippen molar-refractivity contribution in [3.8, 4) is 0 Å². The minimum Gasteiger partial charge on any atom is -0.351 e. The molecule has 116 valence electrons. The molecular formula is C15H19F3N2O. The molecular weight excluding hydrogens is 281 g/mol. The molecule has 3 nitrogen and oxygen atoms in total. The number of carbonyl (C=O) groups excluding carboxylic acids is 1. The van der Waals surface area contributed by atoms with Crippen molar-refractivity contribution in [2.75, 3.05) is 13.1 Å². The van der Waals surface area contributed by atoms with Crippen LogP contribution in [0, 0.1) is 5.92 Å². The summed E-state index contributed by atoms with van der Waals surface area (Å²) in [6.07, 6.45) is -4.25. The van der Waals surface area contributed by atoms with E-state index in [-0.39, 0.29) is 19.0 Å². The summed E-state index contributed by atoms with van der Waals surface area (Å²) in [5.41, 5.74) is 7.19. The van der Waals surface area contributed by atoms with E-state index in [0.717, 1.165) is 17.5 Å². The zero-order chi connectivity index (χ0) is 15.6. The third-order valence-corrected chi connectivity index (χ3v) is 4.06. The third kappa shape index (κ3) is 3.89. The largest absolute Gasteiger partial charge is 0.389 e. The predicted molar refractivity (Wildman–Crippen MR) is 73.9 cm³/mol. The van der Waals surface area contributed by atoms with E-state index in [1.54, 1.807) is 0 Å². The van der Waals surface area contributed by atoms with Crippen molar-refractivity contribution in [3.63, 3.8) is 0 Å². The first-order valence-electron chi connectivity index (χ1n) is 7.00. The maximum atomic E-state index is 12.7. The zero-order valence-electron chi connectivity index (χ0n) is 11.9. The van der Waals surface area contributed by atoms with Gasteiger partial charge in [-0.3, -0.25) is 0 Å². The van der Waals surface area contributed by atoms with Gasteiger partial charge in [-0.25, -0.2) is 4.79 Å². The molecule has 0 aliphatic carbocycles. The van der Waals surface area contributed by atoms with Crippen LogP contribution in [0.5, 0.6) is 0 Å². The number of hydrogen-bond acceptors (Lipinski definition) is 1. The number of carbonyl (C=O) groups is 1. The van der Waals surface area contributed by atoms with Crippen LogP contribution < -0.4 is 5.73 Å². The van der Waals surface area contributed by atoms with Crippen molar-refractivity contribution in [2.24, 2.45) is 11.7 Å². The smallest absolute Gasteiger partial charge is 0.351 e. The Morgan fingerprint density at radius 1 is 1.29 bits per heavy atom. The molecule has 0 spiro atoms. The van der Waals surface area contributed by atoms with E-state index in [4.69, 9.17) is 5.73 Å². The number of alkyl halides is 3. The van der Waals surface area contributed by atoms with E-state index in [9.17, 15) is 18.0 Å². The molecule has 2 atom stereocenters.